The number of sulfone groups is 1. The van der Waals surface area contributed by atoms with Crippen molar-refractivity contribution in [2.24, 2.45) is 0 Å². The highest BCUT2D eigenvalue weighted by atomic mass is 35.5. The van der Waals surface area contributed by atoms with Crippen LogP contribution in [0.25, 0.3) is 0 Å². The molecule has 4 nitrogen and oxygen atoms in total. The summed E-state index contributed by atoms with van der Waals surface area (Å²) in [6.07, 6.45) is 0.444. The summed E-state index contributed by atoms with van der Waals surface area (Å²) in [5.41, 5.74) is 0.297. The molecular formula is C11H11Cl2NO3S. The van der Waals surface area contributed by atoms with Crippen molar-refractivity contribution in [2.45, 2.75) is 12.5 Å². The van der Waals surface area contributed by atoms with Crippen molar-refractivity contribution in [3.63, 3.8) is 0 Å². The molecule has 1 atom stereocenters. The van der Waals surface area contributed by atoms with E-state index in [1.165, 1.54) is 12.1 Å². The van der Waals surface area contributed by atoms with Crippen LogP contribution in [0.15, 0.2) is 18.2 Å². The van der Waals surface area contributed by atoms with Crippen molar-refractivity contribution in [2.75, 3.05) is 11.5 Å². The van der Waals surface area contributed by atoms with E-state index >= 15 is 0 Å². The molecule has 1 N–H and O–H groups in total. The van der Waals surface area contributed by atoms with Gasteiger partial charge in [0, 0.05) is 11.1 Å². The minimum absolute atomic E-state index is 0.00997. The molecule has 0 saturated carbocycles. The molecule has 0 aromatic heterocycles. The van der Waals surface area contributed by atoms with Gasteiger partial charge in [0.2, 0.25) is 0 Å². The van der Waals surface area contributed by atoms with Gasteiger partial charge in [-0.1, -0.05) is 23.2 Å². The normalized spacial score (nSPS) is 21.8. The fraction of sp³-hybridized carbons (Fsp3) is 0.364. The third-order valence-electron chi connectivity index (χ3n) is 2.74. The van der Waals surface area contributed by atoms with Crippen LogP contribution in [0.2, 0.25) is 10.0 Å². The fourth-order valence-corrected chi connectivity index (χ4v) is 4.01. The molecule has 7 heteroatoms. The zero-order chi connectivity index (χ0) is 13.3. The van der Waals surface area contributed by atoms with Crippen molar-refractivity contribution in [3.05, 3.63) is 33.8 Å². The van der Waals surface area contributed by atoms with Gasteiger partial charge < -0.3 is 5.32 Å². The molecule has 1 unspecified atom stereocenters. The second-order valence-corrected chi connectivity index (χ2v) is 7.27. The molecule has 1 amide bonds. The molecule has 0 bridgehead atoms. The molecular weight excluding hydrogens is 297 g/mol. The standard InChI is InChI=1S/C11H11Cl2NO3S/c12-7-1-2-9(10(13)5-7)11(15)14-8-3-4-18(16,17)6-8/h1-2,5,8H,3-4,6H2,(H,14,15). The SMILES string of the molecule is O=C(NC1CCS(=O)(=O)C1)c1ccc(Cl)cc1Cl. The maximum absolute atomic E-state index is 11.9. The largest absolute Gasteiger partial charge is 0.348 e. The van der Waals surface area contributed by atoms with Crippen LogP contribution >= 0.6 is 23.2 Å². The molecule has 0 radical (unpaired) electrons. The Bertz CT molecular complexity index is 586. The van der Waals surface area contributed by atoms with Crippen LogP contribution in [0.3, 0.4) is 0 Å². The number of hydrogen-bond donors (Lipinski definition) is 1. The molecule has 1 heterocycles. The third-order valence-corrected chi connectivity index (χ3v) is 5.06. The van der Waals surface area contributed by atoms with E-state index in [9.17, 15) is 13.2 Å². The van der Waals surface area contributed by atoms with Crippen LogP contribution in [0.4, 0.5) is 0 Å². The first-order chi connectivity index (χ1) is 8.37. The van der Waals surface area contributed by atoms with Gasteiger partial charge in [-0.05, 0) is 24.6 Å². The zero-order valence-electron chi connectivity index (χ0n) is 9.32. The minimum Gasteiger partial charge on any atom is -0.348 e. The molecule has 1 aromatic carbocycles. The Balaban J connectivity index is 2.09. The third kappa shape index (κ3) is 3.16. The van der Waals surface area contributed by atoms with E-state index in [1.807, 2.05) is 0 Å². The van der Waals surface area contributed by atoms with E-state index in [1.54, 1.807) is 6.07 Å². The van der Waals surface area contributed by atoms with Gasteiger partial charge in [0.15, 0.2) is 9.84 Å². The van der Waals surface area contributed by atoms with Crippen LogP contribution in [-0.2, 0) is 9.84 Å². The van der Waals surface area contributed by atoms with Crippen molar-refractivity contribution in [1.29, 1.82) is 0 Å². The lowest BCUT2D eigenvalue weighted by atomic mass is 10.2. The molecule has 1 fully saturated rings. The maximum Gasteiger partial charge on any atom is 0.253 e. The average Bonchev–Trinajstić information content (AvgIpc) is 2.57. The number of nitrogens with one attached hydrogen (secondary N) is 1. The van der Waals surface area contributed by atoms with Crippen LogP contribution in [0, 0.1) is 0 Å². The summed E-state index contributed by atoms with van der Waals surface area (Å²) in [5, 5.41) is 3.36. The highest BCUT2D eigenvalue weighted by Gasteiger charge is 2.29. The van der Waals surface area contributed by atoms with Gasteiger partial charge in [0.05, 0.1) is 22.1 Å². The zero-order valence-corrected chi connectivity index (χ0v) is 11.6. The van der Waals surface area contributed by atoms with E-state index in [4.69, 9.17) is 23.2 Å². The molecule has 1 aromatic rings. The summed E-state index contributed by atoms with van der Waals surface area (Å²) >= 11 is 11.6. The summed E-state index contributed by atoms with van der Waals surface area (Å²) < 4.78 is 22.6. The number of amides is 1. The second kappa shape index (κ2) is 5.07. The molecule has 1 aliphatic heterocycles. The van der Waals surface area contributed by atoms with E-state index < -0.39 is 9.84 Å². The van der Waals surface area contributed by atoms with E-state index in [0.29, 0.717) is 17.0 Å². The molecule has 0 aliphatic carbocycles. The Morgan fingerprint density at radius 2 is 2.06 bits per heavy atom. The monoisotopic (exact) mass is 307 g/mol. The number of rotatable bonds is 2. The van der Waals surface area contributed by atoms with E-state index in [2.05, 4.69) is 5.32 Å². The summed E-state index contributed by atoms with van der Waals surface area (Å²) in [5.74, 6) is -0.269. The molecule has 18 heavy (non-hydrogen) atoms. The predicted octanol–water partition coefficient (Wildman–Crippen LogP) is 1.91. The lowest BCUT2D eigenvalue weighted by molar-refractivity contribution is 0.0941. The minimum atomic E-state index is -3.01. The molecule has 1 aliphatic rings. The van der Waals surface area contributed by atoms with Crippen LogP contribution in [0.5, 0.6) is 0 Å². The fourth-order valence-electron chi connectivity index (χ4n) is 1.85. The Labute approximate surface area is 115 Å². The average molecular weight is 308 g/mol. The Kier molecular flexibility index (Phi) is 3.84. The van der Waals surface area contributed by atoms with Crippen LogP contribution < -0.4 is 5.32 Å². The first-order valence-electron chi connectivity index (χ1n) is 5.34. The summed E-state index contributed by atoms with van der Waals surface area (Å²) in [6.45, 7) is 0. The van der Waals surface area contributed by atoms with E-state index in [0.717, 1.165) is 0 Å². The van der Waals surface area contributed by atoms with Crippen molar-refractivity contribution in [1.82, 2.24) is 5.32 Å². The molecule has 98 valence electrons. The van der Waals surface area contributed by atoms with Crippen molar-refractivity contribution in [3.8, 4) is 0 Å². The molecule has 2 rings (SSSR count). The van der Waals surface area contributed by atoms with Gasteiger partial charge in [-0.15, -0.1) is 0 Å². The number of halogens is 2. The smallest absolute Gasteiger partial charge is 0.253 e. The van der Waals surface area contributed by atoms with Crippen LogP contribution in [-0.4, -0.2) is 31.9 Å². The Morgan fingerprint density at radius 1 is 1.33 bits per heavy atom. The van der Waals surface area contributed by atoms with E-state index in [-0.39, 0.29) is 28.5 Å². The molecule has 0 spiro atoms. The topological polar surface area (TPSA) is 63.2 Å². The lowest BCUT2D eigenvalue weighted by Gasteiger charge is -2.11. The lowest BCUT2D eigenvalue weighted by Crippen LogP contribution is -2.35. The highest BCUT2D eigenvalue weighted by Crippen LogP contribution is 2.21. The van der Waals surface area contributed by atoms with Crippen molar-refractivity contribution < 1.29 is 13.2 Å². The number of carbonyl (C=O) groups excluding carboxylic acids is 1. The number of carbonyl (C=O) groups is 1. The first-order valence-corrected chi connectivity index (χ1v) is 7.91. The maximum atomic E-state index is 11.9. The highest BCUT2D eigenvalue weighted by molar-refractivity contribution is 7.91. The molecule has 1 saturated heterocycles. The van der Waals surface area contributed by atoms with Gasteiger partial charge >= 0.3 is 0 Å². The van der Waals surface area contributed by atoms with Gasteiger partial charge in [-0.3, -0.25) is 4.79 Å². The van der Waals surface area contributed by atoms with Crippen molar-refractivity contribution >= 4 is 38.9 Å². The summed E-state index contributed by atoms with van der Waals surface area (Å²) in [4.78, 5) is 11.9. The predicted molar refractivity (Wildman–Crippen MR) is 71.0 cm³/mol. The van der Waals surface area contributed by atoms with Gasteiger partial charge in [0.1, 0.15) is 0 Å². The number of hydrogen-bond acceptors (Lipinski definition) is 3. The summed E-state index contributed by atoms with van der Waals surface area (Å²) in [7, 11) is -3.01. The Morgan fingerprint density at radius 3 is 2.61 bits per heavy atom. The Hall–Kier alpha value is -0.780. The van der Waals surface area contributed by atoms with Gasteiger partial charge in [0.25, 0.3) is 5.91 Å². The quantitative estimate of drug-likeness (QED) is 0.908. The van der Waals surface area contributed by atoms with Crippen LogP contribution in [0.1, 0.15) is 16.8 Å². The summed E-state index contributed by atoms with van der Waals surface area (Å²) in [6, 6.07) is 4.22. The number of benzene rings is 1. The van der Waals surface area contributed by atoms with Gasteiger partial charge in [-0.25, -0.2) is 8.42 Å². The van der Waals surface area contributed by atoms with Gasteiger partial charge in [-0.2, -0.15) is 0 Å². The first kappa shape index (κ1) is 13.6. The second-order valence-electron chi connectivity index (χ2n) is 4.20.